The number of hydrogen-bond donors (Lipinski definition) is 1. The first kappa shape index (κ1) is 22.1. The third-order valence-corrected chi connectivity index (χ3v) is 4.32. The van der Waals surface area contributed by atoms with Gasteiger partial charge in [0.15, 0.2) is 11.5 Å². The number of rotatable bonds is 5. The molecule has 0 radical (unpaired) electrons. The van der Waals surface area contributed by atoms with Crippen LogP contribution in [0.5, 0.6) is 17.2 Å². The van der Waals surface area contributed by atoms with Crippen LogP contribution in [0.25, 0.3) is 0 Å². The maximum absolute atomic E-state index is 12.6. The second kappa shape index (κ2) is 9.45. The molecule has 0 aliphatic carbocycles. The lowest BCUT2D eigenvalue weighted by molar-refractivity contribution is -0.137. The molecule has 0 bridgehead atoms. The monoisotopic (exact) mass is 446 g/mol. The summed E-state index contributed by atoms with van der Waals surface area (Å²) in [5, 5.41) is 9.25. The number of benzene rings is 3. The normalized spacial score (nSPS) is 10.7. The number of alkyl halides is 3. The summed E-state index contributed by atoms with van der Waals surface area (Å²) >= 11 is 5.86. The van der Waals surface area contributed by atoms with E-state index in [0.717, 1.165) is 12.1 Å². The van der Waals surface area contributed by atoms with Crippen LogP contribution in [0.2, 0.25) is 5.02 Å². The second-order valence-electron chi connectivity index (χ2n) is 6.16. The quantitative estimate of drug-likeness (QED) is 0.469. The van der Waals surface area contributed by atoms with Gasteiger partial charge in [0.2, 0.25) is 0 Å². The summed E-state index contributed by atoms with van der Waals surface area (Å²) in [6.45, 7) is -0.0393. The molecule has 3 aromatic rings. The standard InChI is InChI=1S/C23H14ClF3O4/c24-19-12-11-17(14-18(19)22(28)29)31-21-6-2-1-5-20(21)30-13-3-4-15-7-9-16(10-8-15)23(25,26)27/h1-2,5-12,14H,13H2,(H,28,29). The number of hydrogen-bond acceptors (Lipinski definition) is 3. The predicted molar refractivity (Wildman–Crippen MR) is 109 cm³/mol. The number of carbonyl (C=O) groups is 1. The third-order valence-electron chi connectivity index (χ3n) is 3.99. The van der Waals surface area contributed by atoms with Crippen LogP contribution < -0.4 is 9.47 Å². The van der Waals surface area contributed by atoms with Crippen molar-refractivity contribution in [3.63, 3.8) is 0 Å². The van der Waals surface area contributed by atoms with Gasteiger partial charge in [-0.2, -0.15) is 13.2 Å². The zero-order valence-corrected chi connectivity index (χ0v) is 16.5. The number of halogens is 4. The maximum Gasteiger partial charge on any atom is 0.416 e. The summed E-state index contributed by atoms with van der Waals surface area (Å²) in [5.41, 5.74) is -0.419. The average molecular weight is 447 g/mol. The lowest BCUT2D eigenvalue weighted by atomic mass is 10.1. The summed E-state index contributed by atoms with van der Waals surface area (Å²) in [7, 11) is 0. The molecule has 3 aromatic carbocycles. The summed E-state index contributed by atoms with van der Waals surface area (Å²) in [6.07, 6.45) is -4.39. The Morgan fingerprint density at radius 2 is 1.68 bits per heavy atom. The van der Waals surface area contributed by atoms with Crippen LogP contribution in [0.1, 0.15) is 21.5 Å². The highest BCUT2D eigenvalue weighted by Crippen LogP contribution is 2.33. The van der Waals surface area contributed by atoms with Crippen molar-refractivity contribution in [1.82, 2.24) is 0 Å². The molecule has 0 atom stereocenters. The van der Waals surface area contributed by atoms with E-state index in [0.29, 0.717) is 17.1 Å². The van der Waals surface area contributed by atoms with Gasteiger partial charge in [-0.05, 0) is 54.6 Å². The smallest absolute Gasteiger partial charge is 0.416 e. The van der Waals surface area contributed by atoms with Crippen LogP contribution in [0.4, 0.5) is 13.2 Å². The minimum absolute atomic E-state index is 0.0393. The van der Waals surface area contributed by atoms with Crippen molar-refractivity contribution in [2.75, 3.05) is 6.61 Å². The lowest BCUT2D eigenvalue weighted by Crippen LogP contribution is -2.04. The van der Waals surface area contributed by atoms with E-state index in [1.54, 1.807) is 24.3 Å². The summed E-state index contributed by atoms with van der Waals surface area (Å²) in [4.78, 5) is 11.2. The molecule has 8 heteroatoms. The molecule has 31 heavy (non-hydrogen) atoms. The largest absolute Gasteiger partial charge is 0.478 e. The van der Waals surface area contributed by atoms with Crippen LogP contribution in [0.3, 0.4) is 0 Å². The molecule has 1 N–H and O–H groups in total. The van der Waals surface area contributed by atoms with Crippen molar-refractivity contribution < 1.29 is 32.5 Å². The van der Waals surface area contributed by atoms with E-state index in [-0.39, 0.29) is 22.9 Å². The molecule has 158 valence electrons. The van der Waals surface area contributed by atoms with Crippen LogP contribution in [-0.4, -0.2) is 17.7 Å². The molecule has 0 spiro atoms. The fraction of sp³-hybridized carbons (Fsp3) is 0.0870. The van der Waals surface area contributed by atoms with E-state index in [1.807, 2.05) is 0 Å². The summed E-state index contributed by atoms with van der Waals surface area (Å²) in [6, 6.07) is 15.4. The molecule has 3 rings (SSSR count). The van der Waals surface area contributed by atoms with Crippen molar-refractivity contribution in [2.45, 2.75) is 6.18 Å². The first-order valence-corrected chi connectivity index (χ1v) is 9.20. The van der Waals surface area contributed by atoms with E-state index < -0.39 is 17.7 Å². The minimum Gasteiger partial charge on any atom is -0.478 e. The van der Waals surface area contributed by atoms with Crippen LogP contribution in [-0.2, 0) is 6.18 Å². The van der Waals surface area contributed by atoms with Gasteiger partial charge in [0.05, 0.1) is 16.1 Å². The fourth-order valence-corrected chi connectivity index (χ4v) is 2.71. The van der Waals surface area contributed by atoms with E-state index in [9.17, 15) is 18.0 Å². The topological polar surface area (TPSA) is 55.8 Å². The molecular formula is C23H14ClF3O4. The Hall–Kier alpha value is -3.63. The number of ether oxygens (including phenoxy) is 2. The van der Waals surface area contributed by atoms with Crippen molar-refractivity contribution in [1.29, 1.82) is 0 Å². The van der Waals surface area contributed by atoms with E-state index in [2.05, 4.69) is 11.8 Å². The van der Waals surface area contributed by atoms with Crippen molar-refractivity contribution in [3.05, 3.63) is 88.4 Å². The summed E-state index contributed by atoms with van der Waals surface area (Å²) < 4.78 is 49.1. The average Bonchev–Trinajstić information content (AvgIpc) is 2.73. The van der Waals surface area contributed by atoms with Crippen LogP contribution in [0, 0.1) is 11.8 Å². The molecule has 0 aromatic heterocycles. The van der Waals surface area contributed by atoms with E-state index in [1.165, 1.54) is 30.3 Å². The van der Waals surface area contributed by atoms with Crippen LogP contribution >= 0.6 is 11.6 Å². The number of para-hydroxylation sites is 2. The first-order valence-electron chi connectivity index (χ1n) is 8.83. The molecule has 0 unspecified atom stereocenters. The Kier molecular flexibility index (Phi) is 6.73. The van der Waals surface area contributed by atoms with Gasteiger partial charge in [0, 0.05) is 5.56 Å². The van der Waals surface area contributed by atoms with Gasteiger partial charge in [0.25, 0.3) is 0 Å². The van der Waals surface area contributed by atoms with Gasteiger partial charge >= 0.3 is 12.1 Å². The Labute approximate surface area is 180 Å². The number of carboxylic acid groups (broad SMARTS) is 1. The predicted octanol–water partition coefficient (Wildman–Crippen LogP) is 6.28. The van der Waals surface area contributed by atoms with E-state index >= 15 is 0 Å². The fourth-order valence-electron chi connectivity index (χ4n) is 2.51. The van der Waals surface area contributed by atoms with Gasteiger partial charge in [-0.1, -0.05) is 35.6 Å². The number of aromatic carboxylic acids is 1. The molecule has 0 saturated carbocycles. The zero-order valence-electron chi connectivity index (χ0n) is 15.7. The zero-order chi connectivity index (χ0) is 22.4. The summed E-state index contributed by atoms with van der Waals surface area (Å²) in [5.74, 6) is 5.22. The van der Waals surface area contributed by atoms with Gasteiger partial charge in [-0.15, -0.1) is 0 Å². The molecule has 4 nitrogen and oxygen atoms in total. The van der Waals surface area contributed by atoms with E-state index in [4.69, 9.17) is 26.2 Å². The number of carboxylic acids is 1. The Morgan fingerprint density at radius 3 is 2.32 bits per heavy atom. The highest BCUT2D eigenvalue weighted by atomic mass is 35.5. The SMILES string of the molecule is O=C(O)c1cc(Oc2ccccc2OCC#Cc2ccc(C(F)(F)F)cc2)ccc1Cl. The van der Waals surface area contributed by atoms with Gasteiger partial charge in [-0.25, -0.2) is 4.79 Å². The van der Waals surface area contributed by atoms with Crippen LogP contribution in [0.15, 0.2) is 66.7 Å². The first-order chi connectivity index (χ1) is 14.7. The van der Waals surface area contributed by atoms with Gasteiger partial charge in [0.1, 0.15) is 12.4 Å². The molecule has 0 aliphatic rings. The highest BCUT2D eigenvalue weighted by Gasteiger charge is 2.29. The minimum atomic E-state index is -4.39. The second-order valence-corrected chi connectivity index (χ2v) is 6.57. The lowest BCUT2D eigenvalue weighted by Gasteiger charge is -2.11. The van der Waals surface area contributed by atoms with Gasteiger partial charge in [-0.3, -0.25) is 0 Å². The molecule has 0 aliphatic heterocycles. The molecular weight excluding hydrogens is 433 g/mol. The molecule has 0 heterocycles. The van der Waals surface area contributed by atoms with Crippen molar-refractivity contribution >= 4 is 17.6 Å². The van der Waals surface area contributed by atoms with Crippen molar-refractivity contribution in [2.24, 2.45) is 0 Å². The Morgan fingerprint density at radius 1 is 1.00 bits per heavy atom. The molecule has 0 fully saturated rings. The molecule has 0 saturated heterocycles. The van der Waals surface area contributed by atoms with Crippen molar-refractivity contribution in [3.8, 4) is 29.1 Å². The third kappa shape index (κ3) is 5.93. The maximum atomic E-state index is 12.6. The molecule has 0 amide bonds. The highest BCUT2D eigenvalue weighted by molar-refractivity contribution is 6.33. The Bertz CT molecular complexity index is 1150. The van der Waals surface area contributed by atoms with Gasteiger partial charge < -0.3 is 14.6 Å². The Balaban J connectivity index is 1.68.